The quantitative estimate of drug-likeness (QED) is 0.611. The van der Waals surface area contributed by atoms with Gasteiger partial charge in [-0.25, -0.2) is 8.42 Å². The number of carbonyl (C=O) groups excluding carboxylic acids is 2. The Morgan fingerprint density at radius 1 is 1.14 bits per heavy atom. The number of hydrogen-bond donors (Lipinski definition) is 1. The lowest BCUT2D eigenvalue weighted by molar-refractivity contribution is -0.137. The van der Waals surface area contributed by atoms with Gasteiger partial charge < -0.3 is 24.6 Å². The van der Waals surface area contributed by atoms with Crippen LogP contribution in [0.25, 0.3) is 0 Å². The van der Waals surface area contributed by atoms with Crippen molar-refractivity contribution >= 4 is 44.8 Å². The molecular formula is C25H29ClN4O6S. The second kappa shape index (κ2) is 10.4. The zero-order valence-electron chi connectivity index (χ0n) is 20.5. The predicted octanol–water partition coefficient (Wildman–Crippen LogP) is 2.43. The van der Waals surface area contributed by atoms with Crippen molar-refractivity contribution in [3.63, 3.8) is 0 Å². The number of rotatable bonds is 5. The van der Waals surface area contributed by atoms with E-state index in [1.165, 1.54) is 16.4 Å². The van der Waals surface area contributed by atoms with Gasteiger partial charge in [0.2, 0.25) is 15.9 Å². The Labute approximate surface area is 221 Å². The molecule has 0 aliphatic carbocycles. The maximum atomic E-state index is 13.5. The number of hydrogen-bond acceptors (Lipinski definition) is 7. The van der Waals surface area contributed by atoms with Crippen LogP contribution in [0.2, 0.25) is 5.02 Å². The number of para-hydroxylation sites is 2. The largest absolute Gasteiger partial charge is 0.495 e. The fourth-order valence-corrected chi connectivity index (χ4v) is 7.14. The molecule has 3 aliphatic heterocycles. The number of anilines is 2. The monoisotopic (exact) mass is 548 g/mol. The average molecular weight is 549 g/mol. The van der Waals surface area contributed by atoms with E-state index < -0.39 is 15.9 Å². The lowest BCUT2D eigenvalue weighted by Crippen LogP contribution is -2.53. The van der Waals surface area contributed by atoms with Gasteiger partial charge in [0.25, 0.3) is 5.91 Å². The first-order valence-corrected chi connectivity index (χ1v) is 14.0. The van der Waals surface area contributed by atoms with Crippen LogP contribution in [0.5, 0.6) is 11.5 Å². The number of amides is 2. The van der Waals surface area contributed by atoms with Crippen LogP contribution in [-0.2, 0) is 19.6 Å². The van der Waals surface area contributed by atoms with E-state index >= 15 is 0 Å². The summed E-state index contributed by atoms with van der Waals surface area (Å²) in [6.45, 7) is 2.65. The number of fused-ring (bicyclic) bond motifs is 1. The number of ether oxygens (including phenoxy) is 2. The zero-order chi connectivity index (χ0) is 26.2. The first-order chi connectivity index (χ1) is 17.8. The maximum absolute atomic E-state index is 13.5. The minimum absolute atomic E-state index is 0.00883. The number of carbonyl (C=O) groups is 2. The molecule has 3 aliphatic rings. The van der Waals surface area contributed by atoms with Gasteiger partial charge in [0.1, 0.15) is 16.4 Å². The fourth-order valence-electron chi connectivity index (χ4n) is 5.10. The van der Waals surface area contributed by atoms with Gasteiger partial charge in [-0.1, -0.05) is 23.7 Å². The van der Waals surface area contributed by atoms with Crippen molar-refractivity contribution in [1.29, 1.82) is 0 Å². The molecule has 37 heavy (non-hydrogen) atoms. The molecule has 10 nitrogen and oxygen atoms in total. The zero-order valence-corrected chi connectivity index (χ0v) is 22.1. The van der Waals surface area contributed by atoms with Crippen molar-refractivity contribution in [3.05, 3.63) is 41.4 Å². The Balaban J connectivity index is 1.26. The number of piperazine rings is 1. The number of piperidine rings is 1. The molecule has 1 atom stereocenters. The van der Waals surface area contributed by atoms with E-state index in [4.69, 9.17) is 21.1 Å². The molecule has 1 N–H and O–H groups in total. The van der Waals surface area contributed by atoms with Crippen LogP contribution in [-0.4, -0.2) is 82.4 Å². The molecule has 2 aromatic carbocycles. The lowest BCUT2D eigenvalue weighted by Gasteiger charge is -2.39. The van der Waals surface area contributed by atoms with Crippen LogP contribution < -0.4 is 19.7 Å². The number of nitrogens with one attached hydrogen (secondary N) is 1. The molecule has 5 rings (SSSR count). The van der Waals surface area contributed by atoms with E-state index in [2.05, 4.69) is 10.2 Å². The van der Waals surface area contributed by atoms with Gasteiger partial charge in [-0.2, -0.15) is 4.31 Å². The van der Waals surface area contributed by atoms with Crippen LogP contribution in [0, 0.1) is 5.92 Å². The molecule has 0 radical (unpaired) electrons. The van der Waals surface area contributed by atoms with Crippen LogP contribution in [0.4, 0.5) is 11.4 Å². The van der Waals surface area contributed by atoms with E-state index in [9.17, 15) is 18.0 Å². The number of halogens is 1. The Hall–Kier alpha value is -3.02. The summed E-state index contributed by atoms with van der Waals surface area (Å²) in [6, 6.07) is 10.5. The van der Waals surface area contributed by atoms with Gasteiger partial charge in [-0.3, -0.25) is 9.59 Å². The maximum Gasteiger partial charge on any atom is 0.262 e. The third-order valence-corrected chi connectivity index (χ3v) is 9.37. The van der Waals surface area contributed by atoms with E-state index in [-0.39, 0.29) is 40.6 Å². The third kappa shape index (κ3) is 5.07. The molecule has 2 aromatic rings. The van der Waals surface area contributed by atoms with Crippen molar-refractivity contribution in [2.24, 2.45) is 5.92 Å². The van der Waals surface area contributed by atoms with Crippen molar-refractivity contribution in [2.45, 2.75) is 17.7 Å². The summed E-state index contributed by atoms with van der Waals surface area (Å²) in [5.74, 6) is 0.264. The highest BCUT2D eigenvalue weighted by molar-refractivity contribution is 7.89. The Morgan fingerprint density at radius 2 is 1.89 bits per heavy atom. The van der Waals surface area contributed by atoms with E-state index in [1.54, 1.807) is 7.11 Å². The molecule has 3 heterocycles. The number of benzene rings is 2. The molecule has 1 unspecified atom stereocenters. The Bertz CT molecular complexity index is 1310. The lowest BCUT2D eigenvalue weighted by atomic mass is 9.97. The van der Waals surface area contributed by atoms with E-state index in [0.29, 0.717) is 51.3 Å². The molecule has 2 saturated heterocycles. The summed E-state index contributed by atoms with van der Waals surface area (Å²) >= 11 is 6.32. The van der Waals surface area contributed by atoms with Crippen LogP contribution in [0.3, 0.4) is 0 Å². The van der Waals surface area contributed by atoms with Gasteiger partial charge in [0.15, 0.2) is 6.61 Å². The molecule has 12 heteroatoms. The second-order valence-electron chi connectivity index (χ2n) is 9.30. The summed E-state index contributed by atoms with van der Waals surface area (Å²) in [5, 5.41) is 2.61. The molecule has 0 spiro atoms. The highest BCUT2D eigenvalue weighted by atomic mass is 35.5. The molecule has 2 fully saturated rings. The van der Waals surface area contributed by atoms with E-state index in [1.807, 2.05) is 29.2 Å². The first-order valence-electron chi connectivity index (χ1n) is 12.2. The smallest absolute Gasteiger partial charge is 0.262 e. The minimum atomic E-state index is -3.97. The molecule has 0 aromatic heterocycles. The highest BCUT2D eigenvalue weighted by Crippen LogP contribution is 2.38. The summed E-state index contributed by atoms with van der Waals surface area (Å²) in [4.78, 5) is 28.9. The minimum Gasteiger partial charge on any atom is -0.495 e. The number of nitrogens with zero attached hydrogens (tertiary/aromatic N) is 3. The summed E-state index contributed by atoms with van der Waals surface area (Å²) < 4.78 is 39.2. The number of sulfonamides is 1. The van der Waals surface area contributed by atoms with Crippen molar-refractivity contribution < 1.29 is 27.5 Å². The van der Waals surface area contributed by atoms with Gasteiger partial charge in [0.05, 0.1) is 29.4 Å². The SMILES string of the molecule is COc1ccccc1N1CCN(C(=O)C2CCCN(S(=O)(=O)c3cc4c(cc3Cl)NC(=O)CO4)C2)CC1. The summed E-state index contributed by atoms with van der Waals surface area (Å²) in [7, 11) is -2.33. The summed E-state index contributed by atoms with van der Waals surface area (Å²) in [5.41, 5.74) is 1.33. The average Bonchev–Trinajstić information content (AvgIpc) is 2.92. The van der Waals surface area contributed by atoms with Gasteiger partial charge in [-0.15, -0.1) is 0 Å². The van der Waals surface area contributed by atoms with Gasteiger partial charge in [0, 0.05) is 45.3 Å². The number of methoxy groups -OCH3 is 1. The van der Waals surface area contributed by atoms with Crippen molar-refractivity contribution in [3.8, 4) is 11.5 Å². The summed E-state index contributed by atoms with van der Waals surface area (Å²) in [6.07, 6.45) is 1.20. The van der Waals surface area contributed by atoms with Crippen LogP contribution >= 0.6 is 11.6 Å². The van der Waals surface area contributed by atoms with Crippen molar-refractivity contribution in [1.82, 2.24) is 9.21 Å². The molecule has 0 bridgehead atoms. The molecule has 198 valence electrons. The molecule has 0 saturated carbocycles. The normalized spacial score (nSPS) is 20.6. The highest BCUT2D eigenvalue weighted by Gasteiger charge is 2.37. The van der Waals surface area contributed by atoms with Crippen LogP contribution in [0.1, 0.15) is 12.8 Å². The Morgan fingerprint density at radius 3 is 2.65 bits per heavy atom. The first kappa shape index (κ1) is 25.6. The fraction of sp³-hybridized carbons (Fsp3) is 0.440. The van der Waals surface area contributed by atoms with Gasteiger partial charge in [-0.05, 0) is 31.0 Å². The molecular weight excluding hydrogens is 520 g/mol. The van der Waals surface area contributed by atoms with E-state index in [0.717, 1.165) is 11.4 Å². The molecule has 2 amide bonds. The Kier molecular flexibility index (Phi) is 7.19. The van der Waals surface area contributed by atoms with Crippen molar-refractivity contribution in [2.75, 3.05) is 63.2 Å². The van der Waals surface area contributed by atoms with Gasteiger partial charge >= 0.3 is 0 Å². The van der Waals surface area contributed by atoms with Crippen LogP contribution in [0.15, 0.2) is 41.3 Å². The topological polar surface area (TPSA) is 108 Å². The standard InChI is InChI=1S/C25H29ClN4O6S/c1-35-21-7-3-2-6-20(21)28-9-11-29(12-10-28)25(32)17-5-4-8-30(15-17)37(33,34)23-14-22-19(13-18(23)26)27-24(31)16-36-22/h2-3,6-7,13-14,17H,4-5,8-12,15-16H2,1H3,(H,27,31). The third-order valence-electron chi connectivity index (χ3n) is 7.04. The second-order valence-corrected chi connectivity index (χ2v) is 11.6. The predicted molar refractivity (Wildman–Crippen MR) is 139 cm³/mol.